The zero-order chi connectivity index (χ0) is 27.7. The van der Waals surface area contributed by atoms with Crippen LogP contribution in [0.4, 0.5) is 5.82 Å². The van der Waals surface area contributed by atoms with E-state index in [-0.39, 0.29) is 12.0 Å². The summed E-state index contributed by atoms with van der Waals surface area (Å²) in [6.45, 7) is 6.21. The highest BCUT2D eigenvalue weighted by Gasteiger charge is 2.20. The molecule has 210 valence electrons. The Morgan fingerprint density at radius 2 is 1.88 bits per heavy atom. The third-order valence-corrected chi connectivity index (χ3v) is 7.23. The van der Waals surface area contributed by atoms with E-state index in [9.17, 15) is 4.79 Å². The molecule has 0 unspecified atom stereocenters. The molecule has 0 atom stereocenters. The Balaban J connectivity index is 1.18. The third kappa shape index (κ3) is 7.37. The minimum Gasteiger partial charge on any atom is -0.497 e. The van der Waals surface area contributed by atoms with Gasteiger partial charge in [-0.25, -0.2) is 9.97 Å². The van der Waals surface area contributed by atoms with Crippen molar-refractivity contribution < 1.29 is 14.3 Å². The van der Waals surface area contributed by atoms with E-state index in [1.807, 2.05) is 36.4 Å². The van der Waals surface area contributed by atoms with Gasteiger partial charge in [0.25, 0.3) is 0 Å². The van der Waals surface area contributed by atoms with E-state index in [4.69, 9.17) is 19.4 Å². The zero-order valence-corrected chi connectivity index (χ0v) is 23.3. The van der Waals surface area contributed by atoms with Crippen LogP contribution in [0, 0.1) is 0 Å². The highest BCUT2D eigenvalue weighted by molar-refractivity contribution is 5.89. The summed E-state index contributed by atoms with van der Waals surface area (Å²) in [4.78, 5) is 26.8. The molecule has 9 nitrogen and oxygen atoms in total. The van der Waals surface area contributed by atoms with Gasteiger partial charge in [-0.3, -0.25) is 4.79 Å². The maximum Gasteiger partial charge on any atom is 0.216 e. The first-order valence-corrected chi connectivity index (χ1v) is 14.0. The second-order valence-electron chi connectivity index (χ2n) is 10.2. The van der Waals surface area contributed by atoms with Crippen LogP contribution in [0.5, 0.6) is 5.75 Å². The predicted octanol–water partition coefficient (Wildman–Crippen LogP) is 4.41. The summed E-state index contributed by atoms with van der Waals surface area (Å²) in [5.74, 6) is 2.24. The van der Waals surface area contributed by atoms with Crippen molar-refractivity contribution in [3.05, 3.63) is 71.9 Å². The number of likely N-dealkylation sites (tertiary alicyclic amines) is 1. The Morgan fingerprint density at radius 1 is 1.05 bits per heavy atom. The first kappa shape index (κ1) is 27.6. The number of fused-ring (bicyclic) bond motifs is 1. The molecule has 3 heterocycles. The number of nitrogens with one attached hydrogen (secondary N) is 3. The lowest BCUT2D eigenvalue weighted by Gasteiger charge is -2.31. The smallest absolute Gasteiger partial charge is 0.216 e. The summed E-state index contributed by atoms with van der Waals surface area (Å²) in [6, 6.07) is 20.3. The number of hydrogen-bond acceptors (Lipinski definition) is 7. The van der Waals surface area contributed by atoms with Crippen molar-refractivity contribution in [2.24, 2.45) is 0 Å². The number of piperidine rings is 1. The van der Waals surface area contributed by atoms with Crippen LogP contribution in [0.2, 0.25) is 0 Å². The van der Waals surface area contributed by atoms with Crippen LogP contribution in [0.25, 0.3) is 22.4 Å². The number of nitrogens with zero attached hydrogens (tertiary/aromatic N) is 3. The molecule has 0 saturated carbocycles. The molecule has 5 rings (SSSR count). The highest BCUT2D eigenvalue weighted by Crippen LogP contribution is 2.26. The minimum absolute atomic E-state index is 0.0524. The predicted molar refractivity (Wildman–Crippen MR) is 157 cm³/mol. The van der Waals surface area contributed by atoms with E-state index < -0.39 is 0 Å². The number of hydrogen-bond donors (Lipinski definition) is 3. The number of aromatic nitrogens is 3. The van der Waals surface area contributed by atoms with Gasteiger partial charge in [-0.15, -0.1) is 0 Å². The van der Waals surface area contributed by atoms with Crippen LogP contribution in [-0.2, 0) is 22.6 Å². The van der Waals surface area contributed by atoms with E-state index in [2.05, 4.69) is 44.8 Å². The quantitative estimate of drug-likeness (QED) is 0.228. The molecule has 1 fully saturated rings. The molecule has 1 amide bonds. The number of aromatic amines is 1. The fourth-order valence-electron chi connectivity index (χ4n) is 5.03. The highest BCUT2D eigenvalue weighted by atomic mass is 16.5. The molecule has 1 saturated heterocycles. The number of anilines is 1. The molecule has 0 radical (unpaired) electrons. The van der Waals surface area contributed by atoms with Gasteiger partial charge in [0.2, 0.25) is 5.91 Å². The normalized spacial score (nSPS) is 14.3. The van der Waals surface area contributed by atoms with Gasteiger partial charge in [0.15, 0.2) is 5.82 Å². The molecule has 0 bridgehead atoms. The molecule has 1 aliphatic rings. The Labute approximate surface area is 235 Å². The molecule has 2 aromatic heterocycles. The summed E-state index contributed by atoms with van der Waals surface area (Å²) in [6.07, 6.45) is 3.30. The second kappa shape index (κ2) is 13.4. The summed E-state index contributed by atoms with van der Waals surface area (Å²) in [5.41, 5.74) is 3.99. The number of benzene rings is 2. The van der Waals surface area contributed by atoms with Crippen LogP contribution in [0.1, 0.15) is 31.0 Å². The Morgan fingerprint density at radius 3 is 2.65 bits per heavy atom. The lowest BCUT2D eigenvalue weighted by atomic mass is 10.1. The largest absolute Gasteiger partial charge is 0.497 e. The summed E-state index contributed by atoms with van der Waals surface area (Å²) >= 11 is 0. The van der Waals surface area contributed by atoms with Crippen molar-refractivity contribution in [2.45, 2.75) is 38.9 Å². The average molecular weight is 543 g/mol. The van der Waals surface area contributed by atoms with Crippen molar-refractivity contribution in [2.75, 3.05) is 45.2 Å². The topological polar surface area (TPSA) is 104 Å². The second-order valence-corrected chi connectivity index (χ2v) is 10.2. The number of carbonyl (C=O) groups excluding carboxylic acids is 1. The van der Waals surface area contributed by atoms with Crippen molar-refractivity contribution in [3.63, 3.8) is 0 Å². The van der Waals surface area contributed by atoms with Gasteiger partial charge in [-0.05, 0) is 43.0 Å². The maximum absolute atomic E-state index is 11.3. The number of methoxy groups -OCH3 is 1. The van der Waals surface area contributed by atoms with E-state index >= 15 is 0 Å². The average Bonchev–Trinajstić information content (AvgIpc) is 3.41. The third-order valence-electron chi connectivity index (χ3n) is 7.23. The summed E-state index contributed by atoms with van der Waals surface area (Å²) in [5, 5.41) is 7.09. The number of ether oxygens (including phenoxy) is 2. The zero-order valence-electron chi connectivity index (χ0n) is 23.3. The van der Waals surface area contributed by atoms with E-state index in [0.717, 1.165) is 72.8 Å². The Kier molecular flexibility index (Phi) is 9.26. The fourth-order valence-corrected chi connectivity index (χ4v) is 5.03. The lowest BCUT2D eigenvalue weighted by molar-refractivity contribution is -0.118. The SMILES string of the molecule is COc1cccc(CCN2CCC(OCc3cc4c(NCCNC(C)=O)nc(-c5ccccc5)nc4[nH]3)CC2)c1. The van der Waals surface area contributed by atoms with Gasteiger partial charge in [-0.1, -0.05) is 42.5 Å². The first-order valence-electron chi connectivity index (χ1n) is 14.0. The molecule has 2 aromatic carbocycles. The van der Waals surface area contributed by atoms with Crippen molar-refractivity contribution in [1.82, 2.24) is 25.2 Å². The van der Waals surface area contributed by atoms with Crippen molar-refractivity contribution in [1.29, 1.82) is 0 Å². The molecule has 9 heteroatoms. The number of carbonyl (C=O) groups is 1. The Hall–Kier alpha value is -3.95. The van der Waals surface area contributed by atoms with Crippen LogP contribution < -0.4 is 15.4 Å². The number of rotatable bonds is 12. The molecular weight excluding hydrogens is 504 g/mol. The Bertz CT molecular complexity index is 1400. The number of H-pyrrole nitrogens is 1. The molecule has 3 N–H and O–H groups in total. The number of amides is 1. The summed E-state index contributed by atoms with van der Waals surface area (Å²) < 4.78 is 11.7. The van der Waals surface area contributed by atoms with Gasteiger partial charge in [0.1, 0.15) is 17.2 Å². The van der Waals surface area contributed by atoms with E-state index in [1.165, 1.54) is 12.5 Å². The van der Waals surface area contributed by atoms with Crippen LogP contribution in [0.3, 0.4) is 0 Å². The lowest BCUT2D eigenvalue weighted by Crippen LogP contribution is -2.38. The minimum atomic E-state index is -0.0524. The van der Waals surface area contributed by atoms with Crippen LogP contribution in [0.15, 0.2) is 60.7 Å². The molecule has 1 aliphatic heterocycles. The molecule has 0 aliphatic carbocycles. The first-order chi connectivity index (χ1) is 19.6. The van der Waals surface area contributed by atoms with Gasteiger partial charge in [0, 0.05) is 50.9 Å². The monoisotopic (exact) mass is 542 g/mol. The molecular formula is C31H38N6O3. The summed E-state index contributed by atoms with van der Waals surface area (Å²) in [7, 11) is 1.71. The molecule has 4 aromatic rings. The van der Waals surface area contributed by atoms with Crippen LogP contribution >= 0.6 is 0 Å². The van der Waals surface area contributed by atoms with Crippen molar-refractivity contribution in [3.8, 4) is 17.1 Å². The van der Waals surface area contributed by atoms with Crippen LogP contribution in [-0.4, -0.2) is 71.7 Å². The molecule has 0 spiro atoms. The standard InChI is InChI=1S/C31H38N6O3/c1-22(38)32-14-15-33-30-28-20-25(34-31(28)36-29(35-30)24-8-4-3-5-9-24)21-40-26-12-17-37(18-13-26)16-11-23-7-6-10-27(19-23)39-2/h3-10,19-20,26H,11-18,21H2,1-2H3,(H,32,38)(H2,33,34,35,36). The maximum atomic E-state index is 11.3. The molecule has 40 heavy (non-hydrogen) atoms. The van der Waals surface area contributed by atoms with Crippen molar-refractivity contribution >= 4 is 22.8 Å². The van der Waals surface area contributed by atoms with Gasteiger partial charge in [0.05, 0.1) is 25.2 Å². The van der Waals surface area contributed by atoms with Gasteiger partial charge >= 0.3 is 0 Å². The van der Waals surface area contributed by atoms with E-state index in [0.29, 0.717) is 25.5 Å². The van der Waals surface area contributed by atoms with Gasteiger partial charge in [-0.2, -0.15) is 0 Å². The van der Waals surface area contributed by atoms with E-state index in [1.54, 1.807) is 7.11 Å². The van der Waals surface area contributed by atoms with Gasteiger partial charge < -0.3 is 30.0 Å². The fraction of sp³-hybridized carbons (Fsp3) is 0.387.